The third-order valence-corrected chi connectivity index (χ3v) is 23.3. The Bertz CT molecular complexity index is 1090. The van der Waals surface area contributed by atoms with Crippen molar-refractivity contribution >= 4 is 47.9 Å². The number of benzene rings is 3. The Morgan fingerprint density at radius 3 is 1.34 bits per heavy atom. The van der Waals surface area contributed by atoms with Crippen molar-refractivity contribution in [2.24, 2.45) is 0 Å². The molecule has 0 N–H and O–H groups in total. The molecule has 0 radical (unpaired) electrons. The average Bonchev–Trinajstić information content (AvgIpc) is 2.96. The maximum absolute atomic E-state index is 4.08. The van der Waals surface area contributed by atoms with Crippen LogP contribution in [0.15, 0.2) is 116 Å². The fourth-order valence-electron chi connectivity index (χ4n) is 6.59. The summed E-state index contributed by atoms with van der Waals surface area (Å²) in [5, 5.41) is 4.76. The van der Waals surface area contributed by atoms with Gasteiger partial charge in [0.15, 0.2) is 0 Å². The highest BCUT2D eigenvalue weighted by atomic mass is 31.1. The predicted octanol–water partition coefficient (Wildman–Crippen LogP) is 10.4. The first-order valence-electron chi connectivity index (χ1n) is 15.9. The van der Waals surface area contributed by atoms with Crippen molar-refractivity contribution < 1.29 is 0 Å². The minimum absolute atomic E-state index is 0.332. The van der Waals surface area contributed by atoms with Crippen molar-refractivity contribution in [1.29, 1.82) is 0 Å². The molecule has 0 saturated heterocycles. The van der Waals surface area contributed by atoms with Gasteiger partial charge in [-0.3, -0.25) is 0 Å². The summed E-state index contributed by atoms with van der Waals surface area (Å²) in [6.07, 6.45) is 9.77. The van der Waals surface area contributed by atoms with Crippen molar-refractivity contribution in [2.45, 2.75) is 87.8 Å². The summed E-state index contributed by atoms with van der Waals surface area (Å²) in [7, 11) is -4.43. The van der Waals surface area contributed by atoms with E-state index >= 15 is 0 Å². The van der Waals surface area contributed by atoms with Gasteiger partial charge in [0.05, 0.1) is 24.2 Å². The highest BCUT2D eigenvalue weighted by molar-refractivity contribution is 7.73. The molecule has 0 unspecified atom stereocenters. The summed E-state index contributed by atoms with van der Waals surface area (Å²) in [5.74, 6) is 0. The van der Waals surface area contributed by atoms with E-state index in [9.17, 15) is 0 Å². The van der Waals surface area contributed by atoms with E-state index in [1.165, 1.54) is 78.3 Å². The van der Waals surface area contributed by atoms with E-state index in [1.807, 2.05) is 0 Å². The van der Waals surface area contributed by atoms with Crippen LogP contribution in [0.25, 0.3) is 0 Å². The van der Waals surface area contributed by atoms with Gasteiger partial charge in [0.2, 0.25) is 0 Å². The van der Waals surface area contributed by atoms with E-state index in [0.717, 1.165) is 0 Å². The summed E-state index contributed by atoms with van der Waals surface area (Å²) in [6.45, 7) is 18.4. The summed E-state index contributed by atoms with van der Waals surface area (Å²) in [6, 6.07) is 44.1. The van der Waals surface area contributed by atoms with Crippen molar-refractivity contribution in [3.63, 3.8) is 0 Å². The lowest BCUT2D eigenvalue weighted by Gasteiger charge is -2.35. The standard InChI is InChI=1S/C37H55PSi3/c1-7-28-39(3,4)30-19-33-41(37-25-16-11-17-26-37,34-20-31-40(5,6)29-8-2)32-18-27-38(35-21-12-9-13-22-35)36-23-14-10-15-24-36/h7-17,21-26H,1-2,18-20,27-34H2,3-6H3. The minimum atomic E-state index is -1.68. The molecule has 0 bridgehead atoms. The molecule has 220 valence electrons. The van der Waals surface area contributed by atoms with Crippen LogP contribution >= 0.6 is 7.92 Å². The Morgan fingerprint density at radius 2 is 0.927 bits per heavy atom. The quantitative estimate of drug-likeness (QED) is 0.0716. The Labute approximate surface area is 257 Å². The second-order valence-corrected chi connectivity index (χ2v) is 31.0. The fraction of sp³-hybridized carbons (Fsp3) is 0.405. The van der Waals surface area contributed by atoms with Crippen LogP contribution in [0.3, 0.4) is 0 Å². The molecule has 0 nitrogen and oxygen atoms in total. The third kappa shape index (κ3) is 11.1. The van der Waals surface area contributed by atoms with Crippen molar-refractivity contribution in [3.05, 3.63) is 116 Å². The van der Waals surface area contributed by atoms with Crippen LogP contribution in [0.5, 0.6) is 0 Å². The molecule has 0 heterocycles. The zero-order chi connectivity index (χ0) is 29.6. The molecule has 0 aliphatic heterocycles. The van der Waals surface area contributed by atoms with E-state index < -0.39 is 24.2 Å². The maximum atomic E-state index is 4.08. The van der Waals surface area contributed by atoms with Crippen LogP contribution in [-0.4, -0.2) is 30.4 Å². The molecule has 0 aliphatic carbocycles. The van der Waals surface area contributed by atoms with Gasteiger partial charge in [-0.1, -0.05) is 184 Å². The Morgan fingerprint density at radius 1 is 0.537 bits per heavy atom. The largest absolute Gasteiger partial charge is 0.103 e. The van der Waals surface area contributed by atoms with E-state index in [2.05, 4.69) is 142 Å². The van der Waals surface area contributed by atoms with Gasteiger partial charge in [-0.05, 0) is 36.8 Å². The first-order chi connectivity index (χ1) is 19.7. The molecule has 0 atom stereocenters. The van der Waals surface area contributed by atoms with E-state index in [0.29, 0.717) is 0 Å². The Kier molecular flexibility index (Phi) is 13.8. The average molecular weight is 615 g/mol. The molecule has 3 aromatic carbocycles. The number of allylic oxidation sites excluding steroid dienone is 2. The van der Waals surface area contributed by atoms with Gasteiger partial charge < -0.3 is 0 Å². The number of hydrogen-bond acceptors (Lipinski definition) is 0. The normalized spacial score (nSPS) is 12.4. The van der Waals surface area contributed by atoms with E-state index in [-0.39, 0.29) is 7.92 Å². The predicted molar refractivity (Wildman–Crippen MR) is 199 cm³/mol. The lowest BCUT2D eigenvalue weighted by molar-refractivity contribution is 0.921. The van der Waals surface area contributed by atoms with Gasteiger partial charge in [-0.15, -0.1) is 13.2 Å². The van der Waals surface area contributed by atoms with Crippen molar-refractivity contribution in [3.8, 4) is 0 Å². The molecule has 0 amide bonds. The van der Waals surface area contributed by atoms with Gasteiger partial charge in [0.25, 0.3) is 0 Å². The number of hydrogen-bond donors (Lipinski definition) is 0. The van der Waals surface area contributed by atoms with Gasteiger partial charge in [-0.2, -0.15) is 0 Å². The molecule has 3 aromatic rings. The van der Waals surface area contributed by atoms with Crippen LogP contribution in [0.2, 0.25) is 68.5 Å². The minimum Gasteiger partial charge on any atom is -0.103 e. The second-order valence-electron chi connectivity index (χ2n) is 13.6. The molecule has 0 aromatic heterocycles. The van der Waals surface area contributed by atoms with Crippen LogP contribution < -0.4 is 15.8 Å². The third-order valence-electron chi connectivity index (χ3n) is 8.97. The lowest BCUT2D eigenvalue weighted by Crippen LogP contribution is -2.48. The second kappa shape index (κ2) is 16.8. The summed E-state index contributed by atoms with van der Waals surface area (Å²) in [4.78, 5) is 0. The van der Waals surface area contributed by atoms with Crippen LogP contribution in [0.1, 0.15) is 19.3 Å². The van der Waals surface area contributed by atoms with Crippen LogP contribution in [0.4, 0.5) is 0 Å². The first-order valence-corrected chi connectivity index (χ1v) is 26.8. The van der Waals surface area contributed by atoms with Crippen LogP contribution in [-0.2, 0) is 0 Å². The summed E-state index contributed by atoms with van der Waals surface area (Å²) >= 11 is 0. The topological polar surface area (TPSA) is 0 Å². The zero-order valence-corrected chi connectivity index (χ0v) is 30.3. The van der Waals surface area contributed by atoms with Gasteiger partial charge in [0, 0.05) is 0 Å². The zero-order valence-electron chi connectivity index (χ0n) is 26.5. The molecule has 0 fully saturated rings. The highest BCUT2D eigenvalue weighted by Crippen LogP contribution is 2.38. The van der Waals surface area contributed by atoms with E-state index in [4.69, 9.17) is 0 Å². The van der Waals surface area contributed by atoms with Gasteiger partial charge in [-0.25, -0.2) is 0 Å². The molecule has 3 rings (SSSR count). The SMILES string of the molecule is C=CC[Si](C)(C)CCC[Si](CCCP(c1ccccc1)c1ccccc1)(CCC[Si](C)(C)CC=C)c1ccccc1. The van der Waals surface area contributed by atoms with Crippen molar-refractivity contribution in [2.75, 3.05) is 6.16 Å². The molecule has 0 aliphatic rings. The van der Waals surface area contributed by atoms with Gasteiger partial charge >= 0.3 is 0 Å². The molecular weight excluding hydrogens is 560 g/mol. The smallest absolute Gasteiger partial charge is 0.0867 e. The Hall–Kier alpha value is -1.78. The molecule has 0 spiro atoms. The number of rotatable bonds is 19. The summed E-state index contributed by atoms with van der Waals surface area (Å²) in [5.41, 5.74) is 0. The fourth-order valence-corrected chi connectivity index (χ4v) is 19.3. The lowest BCUT2D eigenvalue weighted by atomic mass is 10.4. The molecule has 0 saturated carbocycles. The van der Waals surface area contributed by atoms with E-state index in [1.54, 1.807) is 5.19 Å². The highest BCUT2D eigenvalue weighted by Gasteiger charge is 2.35. The Balaban J connectivity index is 1.87. The van der Waals surface area contributed by atoms with Crippen molar-refractivity contribution in [1.82, 2.24) is 0 Å². The monoisotopic (exact) mass is 614 g/mol. The van der Waals surface area contributed by atoms with Crippen LogP contribution in [0, 0.1) is 0 Å². The molecule has 4 heteroatoms. The molecular formula is C37H55PSi3. The maximum Gasteiger partial charge on any atom is 0.0867 e. The molecule has 41 heavy (non-hydrogen) atoms. The first kappa shape index (κ1) is 33.7. The summed E-state index contributed by atoms with van der Waals surface area (Å²) < 4.78 is 0. The van der Waals surface area contributed by atoms with Gasteiger partial charge in [0.1, 0.15) is 0 Å².